The number of hydrogen-bond donors (Lipinski definition) is 0. The van der Waals surface area contributed by atoms with E-state index in [0.29, 0.717) is 11.7 Å². The third-order valence-electron chi connectivity index (χ3n) is 2.79. The molecule has 3 heteroatoms. The Balaban J connectivity index is 2.00. The van der Waals surface area contributed by atoms with Gasteiger partial charge in [0.1, 0.15) is 4.08 Å². The van der Waals surface area contributed by atoms with Crippen LogP contribution in [-0.2, 0) is 4.79 Å². The van der Waals surface area contributed by atoms with Gasteiger partial charge in [-0.25, -0.2) is 0 Å². The first kappa shape index (κ1) is 6.61. The van der Waals surface area contributed by atoms with Crippen LogP contribution >= 0.6 is 23.5 Å². The lowest BCUT2D eigenvalue weighted by Crippen LogP contribution is -2.26. The highest BCUT2D eigenvalue weighted by molar-refractivity contribution is 8.24. The van der Waals surface area contributed by atoms with Crippen molar-refractivity contribution in [2.24, 2.45) is 11.8 Å². The first-order valence-corrected chi connectivity index (χ1v) is 5.63. The second kappa shape index (κ2) is 1.88. The molecular formula is C8H8OS2. The molecule has 0 saturated heterocycles. The minimum atomic E-state index is -0.0370. The molecule has 1 heterocycles. The van der Waals surface area contributed by atoms with E-state index in [4.69, 9.17) is 0 Å². The Bertz CT molecular complexity index is 251. The number of rotatable bonds is 0. The fraction of sp³-hybridized carbons (Fsp3) is 0.625. The van der Waals surface area contributed by atoms with Crippen molar-refractivity contribution in [1.82, 2.24) is 0 Å². The molecule has 1 nitrogen and oxygen atoms in total. The molecule has 3 aliphatic rings. The summed E-state index contributed by atoms with van der Waals surface area (Å²) in [5.41, 5.74) is 0. The molecule has 0 bridgehead atoms. The highest BCUT2D eigenvalue weighted by Gasteiger charge is 2.64. The lowest BCUT2D eigenvalue weighted by atomic mass is 10.2. The monoisotopic (exact) mass is 184 g/mol. The molecule has 3 rings (SSSR count). The Morgan fingerprint density at radius 3 is 2.73 bits per heavy atom. The Labute approximate surface area is 74.0 Å². The van der Waals surface area contributed by atoms with Gasteiger partial charge in [0, 0.05) is 6.42 Å². The van der Waals surface area contributed by atoms with Crippen LogP contribution in [0.3, 0.4) is 0 Å². The number of thioether (sulfide) groups is 2. The first-order chi connectivity index (χ1) is 5.33. The molecule has 0 radical (unpaired) electrons. The highest BCUT2D eigenvalue weighted by atomic mass is 32.2. The molecule has 1 spiro atoms. The van der Waals surface area contributed by atoms with Crippen molar-refractivity contribution >= 4 is 29.3 Å². The maximum Gasteiger partial charge on any atom is 0.160 e. The van der Waals surface area contributed by atoms with Gasteiger partial charge in [-0.05, 0) is 29.1 Å². The average molecular weight is 184 g/mol. The second-order valence-electron chi connectivity index (χ2n) is 3.40. The summed E-state index contributed by atoms with van der Waals surface area (Å²) in [6, 6.07) is 0. The van der Waals surface area contributed by atoms with E-state index < -0.39 is 0 Å². The zero-order valence-electron chi connectivity index (χ0n) is 5.95. The van der Waals surface area contributed by atoms with Crippen LogP contribution < -0.4 is 0 Å². The Hall–Kier alpha value is 0.110. The molecule has 2 fully saturated rings. The van der Waals surface area contributed by atoms with Gasteiger partial charge in [-0.15, -0.1) is 23.5 Å². The van der Waals surface area contributed by atoms with Crippen LogP contribution in [-0.4, -0.2) is 9.86 Å². The Morgan fingerprint density at radius 1 is 1.45 bits per heavy atom. The standard InChI is InChI=1S/C8H8OS2/c9-7-4-5-3-6(5)8(7)10-1-2-11-8/h1-2,5-6H,3-4H2/t5-,6-/m1/s1. The van der Waals surface area contributed by atoms with Crippen LogP contribution in [0, 0.1) is 11.8 Å². The summed E-state index contributed by atoms with van der Waals surface area (Å²) in [7, 11) is 0. The predicted molar refractivity (Wildman–Crippen MR) is 48.3 cm³/mol. The number of hydrogen-bond acceptors (Lipinski definition) is 3. The largest absolute Gasteiger partial charge is 0.297 e. The van der Waals surface area contributed by atoms with Gasteiger partial charge < -0.3 is 0 Å². The van der Waals surface area contributed by atoms with E-state index in [1.807, 2.05) is 0 Å². The molecule has 0 amide bonds. The summed E-state index contributed by atoms with van der Waals surface area (Å²) in [5.74, 6) is 1.95. The Morgan fingerprint density at radius 2 is 2.18 bits per heavy atom. The third-order valence-corrected chi connectivity index (χ3v) is 5.84. The van der Waals surface area contributed by atoms with Gasteiger partial charge >= 0.3 is 0 Å². The van der Waals surface area contributed by atoms with E-state index in [-0.39, 0.29) is 4.08 Å². The number of carbonyl (C=O) groups is 1. The van der Waals surface area contributed by atoms with Crippen LogP contribution in [0.2, 0.25) is 0 Å². The summed E-state index contributed by atoms with van der Waals surface area (Å²) >= 11 is 3.49. The second-order valence-corrected chi connectivity index (χ2v) is 5.97. The summed E-state index contributed by atoms with van der Waals surface area (Å²) in [6.45, 7) is 0. The maximum absolute atomic E-state index is 11.6. The minimum absolute atomic E-state index is 0.0370. The Kier molecular flexibility index (Phi) is 1.13. The van der Waals surface area contributed by atoms with E-state index >= 15 is 0 Å². The molecule has 0 unspecified atom stereocenters. The maximum atomic E-state index is 11.6. The molecular weight excluding hydrogens is 176 g/mol. The van der Waals surface area contributed by atoms with Gasteiger partial charge in [0.2, 0.25) is 0 Å². The molecule has 0 N–H and O–H groups in total. The molecule has 1 aliphatic heterocycles. The van der Waals surface area contributed by atoms with Crippen molar-refractivity contribution in [1.29, 1.82) is 0 Å². The number of carbonyl (C=O) groups excluding carboxylic acids is 1. The predicted octanol–water partition coefficient (Wildman–Crippen LogP) is 2.24. The van der Waals surface area contributed by atoms with E-state index in [1.54, 1.807) is 23.5 Å². The van der Waals surface area contributed by atoms with Crippen molar-refractivity contribution in [3.63, 3.8) is 0 Å². The summed E-state index contributed by atoms with van der Waals surface area (Å²) in [5, 5.41) is 4.15. The molecule has 0 aromatic heterocycles. The van der Waals surface area contributed by atoms with Gasteiger partial charge in [0.05, 0.1) is 0 Å². The molecule has 0 aromatic rings. The lowest BCUT2D eigenvalue weighted by molar-refractivity contribution is -0.118. The van der Waals surface area contributed by atoms with Crippen molar-refractivity contribution in [3.8, 4) is 0 Å². The van der Waals surface area contributed by atoms with Crippen LogP contribution in [0.5, 0.6) is 0 Å². The van der Waals surface area contributed by atoms with E-state index in [0.717, 1.165) is 12.3 Å². The number of fused-ring (bicyclic) bond motifs is 2. The van der Waals surface area contributed by atoms with Gasteiger partial charge in [-0.2, -0.15) is 0 Å². The fourth-order valence-corrected chi connectivity index (χ4v) is 4.88. The van der Waals surface area contributed by atoms with E-state index in [2.05, 4.69) is 10.8 Å². The summed E-state index contributed by atoms with van der Waals surface area (Å²) in [4.78, 5) is 11.6. The zero-order valence-corrected chi connectivity index (χ0v) is 7.58. The van der Waals surface area contributed by atoms with E-state index in [1.165, 1.54) is 6.42 Å². The average Bonchev–Trinajstić information content (AvgIpc) is 2.55. The van der Waals surface area contributed by atoms with Gasteiger partial charge in [0.25, 0.3) is 0 Å². The number of Topliss-reactive ketones (excluding diaryl/α,β-unsaturated/α-hetero) is 1. The smallest absolute Gasteiger partial charge is 0.160 e. The first-order valence-electron chi connectivity index (χ1n) is 3.87. The zero-order chi connectivity index (χ0) is 7.47. The molecule has 2 atom stereocenters. The summed E-state index contributed by atoms with van der Waals surface area (Å²) < 4.78 is -0.0370. The van der Waals surface area contributed by atoms with Crippen molar-refractivity contribution < 1.29 is 4.79 Å². The van der Waals surface area contributed by atoms with Crippen LogP contribution in [0.1, 0.15) is 12.8 Å². The van der Waals surface area contributed by atoms with Gasteiger partial charge in [0.15, 0.2) is 5.78 Å². The number of ketones is 1. The molecule has 2 aliphatic carbocycles. The van der Waals surface area contributed by atoms with Gasteiger partial charge in [-0.3, -0.25) is 4.79 Å². The normalized spacial score (nSPS) is 43.5. The van der Waals surface area contributed by atoms with Crippen LogP contribution in [0.4, 0.5) is 0 Å². The van der Waals surface area contributed by atoms with Crippen molar-refractivity contribution in [3.05, 3.63) is 10.8 Å². The highest BCUT2D eigenvalue weighted by Crippen LogP contribution is 2.67. The molecule has 11 heavy (non-hydrogen) atoms. The van der Waals surface area contributed by atoms with Crippen molar-refractivity contribution in [2.75, 3.05) is 0 Å². The van der Waals surface area contributed by atoms with Gasteiger partial charge in [-0.1, -0.05) is 0 Å². The minimum Gasteiger partial charge on any atom is -0.297 e. The molecule has 2 saturated carbocycles. The molecule has 58 valence electrons. The van der Waals surface area contributed by atoms with E-state index in [9.17, 15) is 4.79 Å². The lowest BCUT2D eigenvalue weighted by Gasteiger charge is -2.20. The van der Waals surface area contributed by atoms with Crippen molar-refractivity contribution in [2.45, 2.75) is 16.9 Å². The van der Waals surface area contributed by atoms with Crippen LogP contribution in [0.25, 0.3) is 0 Å². The van der Waals surface area contributed by atoms with Crippen LogP contribution in [0.15, 0.2) is 10.8 Å². The quantitative estimate of drug-likeness (QED) is 0.574. The fourth-order valence-electron chi connectivity index (χ4n) is 2.12. The molecule has 0 aromatic carbocycles. The topological polar surface area (TPSA) is 17.1 Å². The summed E-state index contributed by atoms with van der Waals surface area (Å²) in [6.07, 6.45) is 2.15. The third kappa shape index (κ3) is 0.687. The SMILES string of the molecule is O=C1C[C@H]2C[C@H]2C12SC=CS2.